The van der Waals surface area contributed by atoms with Crippen molar-refractivity contribution in [2.45, 2.75) is 30.3 Å². The molecule has 0 spiro atoms. The molecular formula is C25H31FN6O3S. The number of anilines is 4. The van der Waals surface area contributed by atoms with Gasteiger partial charge in [0.2, 0.25) is 16.0 Å². The molecule has 0 radical (unpaired) electrons. The van der Waals surface area contributed by atoms with Crippen molar-refractivity contribution in [3.8, 4) is 0 Å². The van der Waals surface area contributed by atoms with E-state index in [1.807, 2.05) is 19.0 Å². The van der Waals surface area contributed by atoms with Crippen molar-refractivity contribution < 1.29 is 17.9 Å². The van der Waals surface area contributed by atoms with Gasteiger partial charge in [-0.05, 0) is 88.0 Å². The van der Waals surface area contributed by atoms with Gasteiger partial charge in [0.1, 0.15) is 11.6 Å². The molecule has 4 rings (SSSR count). The summed E-state index contributed by atoms with van der Waals surface area (Å²) in [5.74, 6) is 0.574. The summed E-state index contributed by atoms with van der Waals surface area (Å²) in [7, 11) is 0.114. The van der Waals surface area contributed by atoms with E-state index in [2.05, 4.69) is 20.6 Å². The molecule has 0 unspecified atom stereocenters. The lowest BCUT2D eigenvalue weighted by molar-refractivity contribution is -0.0234. The van der Waals surface area contributed by atoms with Crippen molar-refractivity contribution in [3.05, 3.63) is 66.1 Å². The first kappa shape index (κ1) is 26.0. The average molecular weight is 515 g/mol. The highest BCUT2D eigenvalue weighted by atomic mass is 32.2. The van der Waals surface area contributed by atoms with Gasteiger partial charge in [-0.2, -0.15) is 9.29 Å². The fourth-order valence-corrected chi connectivity index (χ4v) is 5.68. The number of piperidine rings is 1. The van der Waals surface area contributed by atoms with E-state index in [-0.39, 0.29) is 23.8 Å². The largest absolute Gasteiger partial charge is 0.388 e. The number of rotatable bonds is 8. The summed E-state index contributed by atoms with van der Waals surface area (Å²) < 4.78 is 41.2. The Labute approximate surface area is 211 Å². The molecule has 1 aliphatic heterocycles. The molecule has 0 saturated carbocycles. The third kappa shape index (κ3) is 6.16. The van der Waals surface area contributed by atoms with E-state index in [1.165, 1.54) is 10.4 Å². The second kappa shape index (κ2) is 10.5. The smallest absolute Gasteiger partial charge is 0.243 e. The molecule has 3 N–H and O–H groups in total. The quantitative estimate of drug-likeness (QED) is 0.419. The third-order valence-electron chi connectivity index (χ3n) is 6.10. The summed E-state index contributed by atoms with van der Waals surface area (Å²) in [6, 6.07) is 12.8. The number of likely N-dealkylation sites (N-methyl/N-ethyl adjacent to an activating group) is 1. The topological polar surface area (TPSA) is 111 Å². The number of halogens is 1. The molecule has 1 aromatic heterocycles. The van der Waals surface area contributed by atoms with Gasteiger partial charge in [0.25, 0.3) is 0 Å². The van der Waals surface area contributed by atoms with Crippen LogP contribution in [0.3, 0.4) is 0 Å². The van der Waals surface area contributed by atoms with E-state index >= 15 is 0 Å². The minimum absolute atomic E-state index is 0.189. The maximum atomic E-state index is 13.5. The van der Waals surface area contributed by atoms with Crippen molar-refractivity contribution in [1.29, 1.82) is 0 Å². The average Bonchev–Trinajstić information content (AvgIpc) is 2.82. The molecule has 1 aliphatic rings. The van der Waals surface area contributed by atoms with Crippen LogP contribution in [-0.2, 0) is 10.0 Å². The van der Waals surface area contributed by atoms with Gasteiger partial charge in [0.05, 0.1) is 10.5 Å². The lowest BCUT2D eigenvalue weighted by Crippen LogP contribution is -2.50. The predicted molar refractivity (Wildman–Crippen MR) is 138 cm³/mol. The molecule has 1 fully saturated rings. The van der Waals surface area contributed by atoms with Crippen LogP contribution in [0.5, 0.6) is 0 Å². The van der Waals surface area contributed by atoms with E-state index in [4.69, 9.17) is 0 Å². The zero-order valence-electron chi connectivity index (χ0n) is 20.6. The van der Waals surface area contributed by atoms with Crippen LogP contribution in [0, 0.1) is 12.7 Å². The summed E-state index contributed by atoms with van der Waals surface area (Å²) >= 11 is 0. The molecule has 11 heteroatoms. The van der Waals surface area contributed by atoms with E-state index in [1.54, 1.807) is 55.6 Å². The molecule has 36 heavy (non-hydrogen) atoms. The van der Waals surface area contributed by atoms with Crippen LogP contribution in [0.25, 0.3) is 0 Å². The van der Waals surface area contributed by atoms with E-state index < -0.39 is 15.6 Å². The Morgan fingerprint density at radius 3 is 2.36 bits per heavy atom. The molecule has 0 amide bonds. The molecule has 2 heterocycles. The van der Waals surface area contributed by atoms with Crippen LogP contribution < -0.4 is 10.6 Å². The molecule has 0 atom stereocenters. The normalized spacial score (nSPS) is 16.2. The van der Waals surface area contributed by atoms with Gasteiger partial charge in [-0.15, -0.1) is 0 Å². The summed E-state index contributed by atoms with van der Waals surface area (Å²) in [6.45, 7) is 2.74. The van der Waals surface area contributed by atoms with Crippen LogP contribution in [0.15, 0.2) is 59.6 Å². The van der Waals surface area contributed by atoms with E-state index in [0.29, 0.717) is 48.1 Å². The molecule has 2 aromatic carbocycles. The fourth-order valence-electron chi connectivity index (χ4n) is 4.24. The Hall–Kier alpha value is -3.12. The molecular weight excluding hydrogens is 483 g/mol. The monoisotopic (exact) mass is 514 g/mol. The number of nitrogens with zero attached hydrogens (tertiary/aromatic N) is 4. The first-order chi connectivity index (χ1) is 17.0. The number of aryl methyl sites for hydroxylation is 1. The summed E-state index contributed by atoms with van der Waals surface area (Å²) in [4.78, 5) is 10.7. The van der Waals surface area contributed by atoms with Gasteiger partial charge in [0.15, 0.2) is 0 Å². The highest BCUT2D eigenvalue weighted by molar-refractivity contribution is 7.89. The molecule has 192 valence electrons. The Balaban J connectivity index is 1.40. The fraction of sp³-hybridized carbons (Fsp3) is 0.360. The Bertz CT molecular complexity index is 1310. The van der Waals surface area contributed by atoms with Crippen LogP contribution in [-0.4, -0.2) is 72.0 Å². The molecule has 3 aromatic rings. The lowest BCUT2D eigenvalue weighted by atomic mass is 9.92. The highest BCUT2D eigenvalue weighted by Crippen LogP contribution is 2.28. The number of sulfonamides is 1. The van der Waals surface area contributed by atoms with Crippen molar-refractivity contribution in [1.82, 2.24) is 19.2 Å². The predicted octanol–water partition coefficient (Wildman–Crippen LogP) is 3.49. The van der Waals surface area contributed by atoms with Crippen molar-refractivity contribution in [2.75, 3.05) is 44.4 Å². The standard InChI is InChI=1S/C25H31FN6O3S/c1-18-16-20(6-9-22(18)26)28-23-10-13-27-24(30-23)29-19-4-7-21(8-5-19)36(34,35)32-14-11-25(33,12-15-32)17-31(2)3/h4-10,13,16,33H,11-12,14-15,17H2,1-3H3,(H2,27,28,29,30). The van der Waals surface area contributed by atoms with Crippen molar-refractivity contribution in [3.63, 3.8) is 0 Å². The zero-order chi connectivity index (χ0) is 25.9. The lowest BCUT2D eigenvalue weighted by Gasteiger charge is -2.38. The molecule has 9 nitrogen and oxygen atoms in total. The number of nitrogens with one attached hydrogen (secondary N) is 2. The Morgan fingerprint density at radius 1 is 1.06 bits per heavy atom. The first-order valence-electron chi connectivity index (χ1n) is 11.6. The van der Waals surface area contributed by atoms with E-state index in [0.717, 1.165) is 0 Å². The Kier molecular flexibility index (Phi) is 7.55. The van der Waals surface area contributed by atoms with Crippen LogP contribution >= 0.6 is 0 Å². The van der Waals surface area contributed by atoms with Gasteiger partial charge >= 0.3 is 0 Å². The van der Waals surface area contributed by atoms with Crippen LogP contribution in [0.2, 0.25) is 0 Å². The first-order valence-corrected chi connectivity index (χ1v) is 13.1. The summed E-state index contributed by atoms with van der Waals surface area (Å²) in [5.41, 5.74) is 0.979. The number of hydrogen-bond donors (Lipinski definition) is 3. The van der Waals surface area contributed by atoms with E-state index in [9.17, 15) is 17.9 Å². The van der Waals surface area contributed by atoms with Crippen LogP contribution in [0.4, 0.5) is 27.5 Å². The number of aliphatic hydroxyl groups is 1. The van der Waals surface area contributed by atoms with Gasteiger partial charge < -0.3 is 20.6 Å². The summed E-state index contributed by atoms with van der Waals surface area (Å²) in [6.07, 6.45) is 2.37. The number of benzene rings is 2. The second-order valence-electron chi connectivity index (χ2n) is 9.37. The maximum absolute atomic E-state index is 13.5. The van der Waals surface area contributed by atoms with Crippen molar-refractivity contribution in [2.24, 2.45) is 0 Å². The molecule has 1 saturated heterocycles. The minimum atomic E-state index is -3.67. The maximum Gasteiger partial charge on any atom is 0.243 e. The van der Waals surface area contributed by atoms with Crippen LogP contribution in [0.1, 0.15) is 18.4 Å². The SMILES string of the molecule is Cc1cc(Nc2ccnc(Nc3ccc(S(=O)(=O)N4CCC(O)(CN(C)C)CC4)cc3)n2)ccc1F. The van der Waals surface area contributed by atoms with Gasteiger partial charge in [0, 0.05) is 37.2 Å². The Morgan fingerprint density at radius 2 is 1.72 bits per heavy atom. The summed E-state index contributed by atoms with van der Waals surface area (Å²) in [5, 5.41) is 16.9. The van der Waals surface area contributed by atoms with Gasteiger partial charge in [-0.25, -0.2) is 17.8 Å². The zero-order valence-corrected chi connectivity index (χ0v) is 21.4. The molecule has 0 aliphatic carbocycles. The number of hydrogen-bond acceptors (Lipinski definition) is 8. The van der Waals surface area contributed by atoms with Gasteiger partial charge in [-0.1, -0.05) is 0 Å². The second-order valence-corrected chi connectivity index (χ2v) is 11.3. The highest BCUT2D eigenvalue weighted by Gasteiger charge is 2.37. The third-order valence-corrected chi connectivity index (χ3v) is 8.01. The van der Waals surface area contributed by atoms with Crippen molar-refractivity contribution >= 4 is 33.2 Å². The molecule has 0 bridgehead atoms. The number of aromatic nitrogens is 2. The van der Waals surface area contributed by atoms with Gasteiger partial charge in [-0.3, -0.25) is 0 Å². The minimum Gasteiger partial charge on any atom is -0.388 e.